The number of phenolic OH excluding ortho intramolecular Hbond substituents is 1. The van der Waals surface area contributed by atoms with Crippen LogP contribution in [0.5, 0.6) is 5.75 Å². The third-order valence-electron chi connectivity index (χ3n) is 2.86. The van der Waals surface area contributed by atoms with Gasteiger partial charge in [0.1, 0.15) is 17.1 Å². The number of amides is 1. The van der Waals surface area contributed by atoms with E-state index in [0.29, 0.717) is 5.69 Å². The second-order valence-corrected chi connectivity index (χ2v) is 4.21. The molecule has 0 aromatic heterocycles. The second kappa shape index (κ2) is 5.16. The van der Waals surface area contributed by atoms with E-state index < -0.39 is 23.1 Å². The van der Waals surface area contributed by atoms with Gasteiger partial charge in [-0.3, -0.25) is 4.79 Å². The molecule has 0 aliphatic rings. The Hall–Kier alpha value is -2.63. The van der Waals surface area contributed by atoms with E-state index in [2.05, 4.69) is 0 Å². The fourth-order valence-corrected chi connectivity index (χ4v) is 1.75. The molecule has 6 heteroatoms. The fraction of sp³-hybridized carbons (Fsp3) is 0.0714. The van der Waals surface area contributed by atoms with Gasteiger partial charge >= 0.3 is 0 Å². The molecule has 0 fully saturated rings. The van der Waals surface area contributed by atoms with Crippen molar-refractivity contribution in [1.29, 1.82) is 0 Å². The van der Waals surface area contributed by atoms with Gasteiger partial charge in [0.15, 0.2) is 5.82 Å². The van der Waals surface area contributed by atoms with E-state index in [1.165, 1.54) is 31.3 Å². The first-order chi connectivity index (χ1) is 9.41. The minimum absolute atomic E-state index is 0.0596. The van der Waals surface area contributed by atoms with Crippen molar-refractivity contribution in [3.05, 3.63) is 53.6 Å². The van der Waals surface area contributed by atoms with Crippen molar-refractivity contribution in [3.8, 4) is 5.75 Å². The lowest BCUT2D eigenvalue weighted by Crippen LogP contribution is -2.28. The first kappa shape index (κ1) is 13.8. The summed E-state index contributed by atoms with van der Waals surface area (Å²) in [5, 5.41) is 9.36. The molecular formula is C14H12F2N2O2. The van der Waals surface area contributed by atoms with Crippen molar-refractivity contribution in [3.63, 3.8) is 0 Å². The number of benzene rings is 2. The monoisotopic (exact) mass is 278 g/mol. The minimum atomic E-state index is -1.10. The van der Waals surface area contributed by atoms with Gasteiger partial charge in [0, 0.05) is 18.8 Å². The molecule has 0 spiro atoms. The topological polar surface area (TPSA) is 66.6 Å². The van der Waals surface area contributed by atoms with Gasteiger partial charge in [-0.25, -0.2) is 8.78 Å². The highest BCUT2D eigenvalue weighted by Crippen LogP contribution is 2.24. The maximum Gasteiger partial charge on any atom is 0.264 e. The summed E-state index contributed by atoms with van der Waals surface area (Å²) >= 11 is 0. The Morgan fingerprint density at radius 1 is 1.25 bits per heavy atom. The maximum absolute atomic E-state index is 13.8. The smallest absolute Gasteiger partial charge is 0.264 e. The number of nitrogen functional groups attached to an aromatic ring is 1. The molecule has 0 saturated heterocycles. The molecule has 20 heavy (non-hydrogen) atoms. The third kappa shape index (κ3) is 2.40. The second-order valence-electron chi connectivity index (χ2n) is 4.21. The van der Waals surface area contributed by atoms with Crippen LogP contribution < -0.4 is 10.6 Å². The number of phenols is 1. The molecule has 4 nitrogen and oxygen atoms in total. The van der Waals surface area contributed by atoms with E-state index in [4.69, 9.17) is 5.73 Å². The summed E-state index contributed by atoms with van der Waals surface area (Å²) in [7, 11) is 1.35. The number of anilines is 2. The van der Waals surface area contributed by atoms with Gasteiger partial charge in [0.25, 0.3) is 5.91 Å². The molecule has 104 valence electrons. The molecule has 0 bridgehead atoms. The molecular weight excluding hydrogens is 266 g/mol. The van der Waals surface area contributed by atoms with Crippen LogP contribution in [0.2, 0.25) is 0 Å². The Morgan fingerprint density at radius 3 is 2.60 bits per heavy atom. The van der Waals surface area contributed by atoms with E-state index >= 15 is 0 Å². The summed E-state index contributed by atoms with van der Waals surface area (Å²) in [6, 6.07) is 7.75. The van der Waals surface area contributed by atoms with Crippen LogP contribution in [0, 0.1) is 11.6 Å². The molecule has 2 aromatic carbocycles. The van der Waals surface area contributed by atoms with Crippen molar-refractivity contribution in [2.75, 3.05) is 17.7 Å². The van der Waals surface area contributed by atoms with Crippen LogP contribution in [0.4, 0.5) is 20.2 Å². The Labute approximate surface area is 114 Å². The lowest BCUT2D eigenvalue weighted by atomic mass is 10.1. The standard InChI is InChI=1S/C14H12F2N2O2/c1-18(8-3-2-4-9(19)7-8)14(20)12-10(15)5-6-11(17)13(12)16/h2-7,19H,17H2,1H3. The van der Waals surface area contributed by atoms with E-state index in [1.54, 1.807) is 0 Å². The molecule has 2 rings (SSSR count). The van der Waals surface area contributed by atoms with Gasteiger partial charge < -0.3 is 15.7 Å². The van der Waals surface area contributed by atoms with Gasteiger partial charge in [-0.05, 0) is 24.3 Å². The normalized spacial score (nSPS) is 10.3. The zero-order valence-electron chi connectivity index (χ0n) is 10.6. The van der Waals surface area contributed by atoms with Crippen molar-refractivity contribution >= 4 is 17.3 Å². The Bertz CT molecular complexity index is 674. The number of carbonyl (C=O) groups is 1. The van der Waals surface area contributed by atoms with E-state index in [9.17, 15) is 18.7 Å². The maximum atomic E-state index is 13.8. The summed E-state index contributed by atoms with van der Waals surface area (Å²) in [6.07, 6.45) is 0. The zero-order valence-corrected chi connectivity index (χ0v) is 10.6. The van der Waals surface area contributed by atoms with Crippen LogP contribution in [-0.4, -0.2) is 18.1 Å². The number of hydrogen-bond acceptors (Lipinski definition) is 3. The summed E-state index contributed by atoms with van der Waals surface area (Å²) in [5.74, 6) is -3.04. The largest absolute Gasteiger partial charge is 0.508 e. The van der Waals surface area contributed by atoms with Crippen molar-refractivity contribution in [2.24, 2.45) is 0 Å². The minimum Gasteiger partial charge on any atom is -0.508 e. The van der Waals surface area contributed by atoms with Crippen molar-refractivity contribution < 1.29 is 18.7 Å². The number of hydrogen-bond donors (Lipinski definition) is 2. The van der Waals surface area contributed by atoms with Crippen LogP contribution in [0.15, 0.2) is 36.4 Å². The molecule has 0 heterocycles. The average Bonchev–Trinajstić information content (AvgIpc) is 2.42. The van der Waals surface area contributed by atoms with E-state index in [0.717, 1.165) is 17.0 Å². The fourth-order valence-electron chi connectivity index (χ4n) is 1.75. The Balaban J connectivity index is 2.44. The molecule has 2 aromatic rings. The lowest BCUT2D eigenvalue weighted by Gasteiger charge is -2.18. The highest BCUT2D eigenvalue weighted by atomic mass is 19.1. The summed E-state index contributed by atoms with van der Waals surface area (Å²) in [4.78, 5) is 13.2. The SMILES string of the molecule is CN(C(=O)c1c(F)ccc(N)c1F)c1cccc(O)c1. The predicted molar refractivity (Wildman–Crippen MR) is 71.6 cm³/mol. The van der Waals surface area contributed by atoms with Gasteiger partial charge in [0.2, 0.25) is 0 Å². The van der Waals surface area contributed by atoms with Crippen LogP contribution in [0.3, 0.4) is 0 Å². The summed E-state index contributed by atoms with van der Waals surface area (Å²) in [5.41, 5.74) is 4.61. The number of nitrogens with two attached hydrogens (primary N) is 1. The quantitative estimate of drug-likeness (QED) is 0.829. The zero-order chi connectivity index (χ0) is 14.9. The Morgan fingerprint density at radius 2 is 1.95 bits per heavy atom. The first-order valence-electron chi connectivity index (χ1n) is 5.72. The van der Waals surface area contributed by atoms with Crippen LogP contribution in [0.1, 0.15) is 10.4 Å². The first-order valence-corrected chi connectivity index (χ1v) is 5.72. The molecule has 3 N–H and O–H groups in total. The lowest BCUT2D eigenvalue weighted by molar-refractivity contribution is 0.0985. The highest BCUT2D eigenvalue weighted by molar-refractivity contribution is 6.06. The van der Waals surface area contributed by atoms with Crippen LogP contribution in [0.25, 0.3) is 0 Å². The van der Waals surface area contributed by atoms with Gasteiger partial charge in [-0.15, -0.1) is 0 Å². The van der Waals surface area contributed by atoms with Crippen LogP contribution in [-0.2, 0) is 0 Å². The Kier molecular flexibility index (Phi) is 3.56. The number of carbonyl (C=O) groups excluding carboxylic acids is 1. The molecule has 0 atom stereocenters. The van der Waals surface area contributed by atoms with Gasteiger partial charge in [-0.2, -0.15) is 0 Å². The molecule has 0 saturated carbocycles. The molecule has 1 amide bonds. The van der Waals surface area contributed by atoms with Gasteiger partial charge in [-0.1, -0.05) is 6.07 Å². The predicted octanol–water partition coefficient (Wildman–Crippen LogP) is 2.53. The summed E-state index contributed by atoms with van der Waals surface area (Å²) in [6.45, 7) is 0. The molecule has 0 aliphatic carbocycles. The average molecular weight is 278 g/mol. The molecule has 0 aliphatic heterocycles. The number of nitrogens with zero attached hydrogens (tertiary/aromatic N) is 1. The number of halogens is 2. The highest BCUT2D eigenvalue weighted by Gasteiger charge is 2.23. The summed E-state index contributed by atoms with van der Waals surface area (Å²) < 4.78 is 27.5. The molecule has 0 unspecified atom stereocenters. The van der Waals surface area contributed by atoms with Crippen molar-refractivity contribution in [1.82, 2.24) is 0 Å². The van der Waals surface area contributed by atoms with E-state index in [-0.39, 0.29) is 11.4 Å². The number of rotatable bonds is 2. The number of aromatic hydroxyl groups is 1. The van der Waals surface area contributed by atoms with Gasteiger partial charge in [0.05, 0.1) is 5.69 Å². The van der Waals surface area contributed by atoms with Crippen molar-refractivity contribution in [2.45, 2.75) is 0 Å². The van der Waals surface area contributed by atoms with E-state index in [1.807, 2.05) is 0 Å². The molecule has 0 radical (unpaired) electrons. The third-order valence-corrected chi connectivity index (χ3v) is 2.86. The van der Waals surface area contributed by atoms with Crippen LogP contribution >= 0.6 is 0 Å².